The Kier molecular flexibility index (Phi) is 3.38. The highest BCUT2D eigenvalue weighted by molar-refractivity contribution is 5.73. The SMILES string of the molecule is C/C=N\C1=CC(C)C/C=N/C=N\1. The molecule has 3 heteroatoms. The second-order valence-corrected chi connectivity index (χ2v) is 2.70. The van der Waals surface area contributed by atoms with E-state index in [9.17, 15) is 0 Å². The normalized spacial score (nSPS) is 29.2. The first-order chi connectivity index (χ1) is 5.83. The quantitative estimate of drug-likeness (QED) is 0.531. The van der Waals surface area contributed by atoms with Crippen molar-refractivity contribution in [3.05, 3.63) is 11.9 Å². The van der Waals surface area contributed by atoms with Gasteiger partial charge in [0.1, 0.15) is 12.2 Å². The number of rotatable bonds is 1. The Labute approximate surface area is 72.6 Å². The van der Waals surface area contributed by atoms with E-state index in [2.05, 4.69) is 21.9 Å². The van der Waals surface area contributed by atoms with Crippen molar-refractivity contribution in [1.29, 1.82) is 0 Å². The second-order valence-electron chi connectivity index (χ2n) is 2.70. The van der Waals surface area contributed by atoms with Crippen LogP contribution in [0.25, 0.3) is 0 Å². The van der Waals surface area contributed by atoms with Crippen molar-refractivity contribution in [2.24, 2.45) is 20.9 Å². The minimum Gasteiger partial charge on any atom is -0.249 e. The maximum atomic E-state index is 4.10. The third kappa shape index (κ3) is 2.78. The molecule has 1 atom stereocenters. The van der Waals surface area contributed by atoms with Gasteiger partial charge in [-0.2, -0.15) is 0 Å². The summed E-state index contributed by atoms with van der Waals surface area (Å²) < 4.78 is 0. The van der Waals surface area contributed by atoms with E-state index in [-0.39, 0.29) is 0 Å². The molecule has 1 rings (SSSR count). The van der Waals surface area contributed by atoms with E-state index in [1.54, 1.807) is 6.21 Å². The predicted molar refractivity (Wildman–Crippen MR) is 53.0 cm³/mol. The van der Waals surface area contributed by atoms with Crippen LogP contribution in [0.3, 0.4) is 0 Å². The maximum absolute atomic E-state index is 4.10. The Morgan fingerprint density at radius 1 is 1.67 bits per heavy atom. The van der Waals surface area contributed by atoms with Gasteiger partial charge >= 0.3 is 0 Å². The van der Waals surface area contributed by atoms with Gasteiger partial charge < -0.3 is 0 Å². The Morgan fingerprint density at radius 3 is 3.25 bits per heavy atom. The van der Waals surface area contributed by atoms with Gasteiger partial charge in [-0.25, -0.2) is 15.0 Å². The molecule has 1 heterocycles. The lowest BCUT2D eigenvalue weighted by atomic mass is 10.1. The summed E-state index contributed by atoms with van der Waals surface area (Å²) >= 11 is 0. The maximum Gasteiger partial charge on any atom is 0.149 e. The summed E-state index contributed by atoms with van der Waals surface area (Å²) in [5.74, 6) is 1.21. The number of hydrogen-bond acceptors (Lipinski definition) is 3. The first-order valence-corrected chi connectivity index (χ1v) is 4.07. The molecule has 0 aromatic carbocycles. The molecule has 64 valence electrons. The van der Waals surface area contributed by atoms with Crippen LogP contribution < -0.4 is 0 Å². The van der Waals surface area contributed by atoms with Crippen LogP contribution in [0.4, 0.5) is 0 Å². The average Bonchev–Trinajstić information content (AvgIpc) is 2.00. The van der Waals surface area contributed by atoms with E-state index in [0.29, 0.717) is 5.92 Å². The molecular formula is C9H13N3. The Balaban J connectivity index is 2.80. The standard InChI is InChI=1S/C9H13N3/c1-3-11-9-6-8(2)4-5-10-7-12-9/h3,5-8H,4H2,1-2H3/b9-6?,10-5+,11-3-,12-7-. The van der Waals surface area contributed by atoms with Crippen LogP contribution in [0.1, 0.15) is 20.3 Å². The van der Waals surface area contributed by atoms with Gasteiger partial charge in [0.25, 0.3) is 0 Å². The smallest absolute Gasteiger partial charge is 0.149 e. The van der Waals surface area contributed by atoms with Crippen LogP contribution >= 0.6 is 0 Å². The van der Waals surface area contributed by atoms with E-state index in [0.717, 1.165) is 12.2 Å². The fourth-order valence-electron chi connectivity index (χ4n) is 0.941. The number of aliphatic imine (C=N–C) groups is 3. The molecule has 0 aromatic heterocycles. The molecule has 3 nitrogen and oxygen atoms in total. The lowest BCUT2D eigenvalue weighted by Crippen LogP contribution is -1.94. The van der Waals surface area contributed by atoms with Crippen LogP contribution in [-0.2, 0) is 0 Å². The molecule has 0 bridgehead atoms. The highest BCUT2D eigenvalue weighted by Gasteiger charge is 1.99. The largest absolute Gasteiger partial charge is 0.249 e. The third-order valence-electron chi connectivity index (χ3n) is 1.53. The molecule has 0 spiro atoms. The summed E-state index contributed by atoms with van der Waals surface area (Å²) in [6.45, 7) is 4.00. The van der Waals surface area contributed by atoms with Crippen molar-refractivity contribution in [2.75, 3.05) is 0 Å². The molecule has 0 fully saturated rings. The zero-order valence-electron chi connectivity index (χ0n) is 7.44. The topological polar surface area (TPSA) is 37.1 Å². The van der Waals surface area contributed by atoms with Crippen LogP contribution in [0, 0.1) is 5.92 Å². The molecular weight excluding hydrogens is 150 g/mol. The molecule has 0 aromatic rings. The third-order valence-corrected chi connectivity index (χ3v) is 1.53. The average molecular weight is 163 g/mol. The van der Waals surface area contributed by atoms with Crippen LogP contribution in [0.15, 0.2) is 26.9 Å². The molecule has 1 aliphatic heterocycles. The lowest BCUT2D eigenvalue weighted by molar-refractivity contribution is 0.764. The van der Waals surface area contributed by atoms with Gasteiger partial charge in [0.15, 0.2) is 0 Å². The number of nitrogens with zero attached hydrogens (tertiary/aromatic N) is 3. The zero-order chi connectivity index (χ0) is 8.81. The van der Waals surface area contributed by atoms with Crippen molar-refractivity contribution in [3.8, 4) is 0 Å². The van der Waals surface area contributed by atoms with Crippen molar-refractivity contribution in [3.63, 3.8) is 0 Å². The Bertz CT molecular complexity index is 248. The van der Waals surface area contributed by atoms with Crippen molar-refractivity contribution in [1.82, 2.24) is 0 Å². The van der Waals surface area contributed by atoms with Crippen LogP contribution in [0.2, 0.25) is 0 Å². The zero-order valence-corrected chi connectivity index (χ0v) is 7.44. The fraction of sp³-hybridized carbons (Fsp3) is 0.444. The summed E-state index contributed by atoms with van der Waals surface area (Å²) in [6, 6.07) is 0. The molecule has 12 heavy (non-hydrogen) atoms. The first-order valence-electron chi connectivity index (χ1n) is 4.07. The van der Waals surface area contributed by atoms with Gasteiger partial charge in [-0.1, -0.05) is 6.92 Å². The number of hydrogen-bond donors (Lipinski definition) is 0. The van der Waals surface area contributed by atoms with Gasteiger partial charge in [-0.05, 0) is 25.3 Å². The fourth-order valence-corrected chi connectivity index (χ4v) is 0.941. The molecule has 0 amide bonds. The molecule has 1 aliphatic rings. The minimum absolute atomic E-state index is 0.463. The monoisotopic (exact) mass is 163 g/mol. The van der Waals surface area contributed by atoms with E-state index in [1.165, 1.54) is 6.34 Å². The summed E-state index contributed by atoms with van der Waals surface area (Å²) in [5.41, 5.74) is 0. The van der Waals surface area contributed by atoms with E-state index in [4.69, 9.17) is 0 Å². The van der Waals surface area contributed by atoms with Crippen molar-refractivity contribution < 1.29 is 0 Å². The van der Waals surface area contributed by atoms with Gasteiger partial charge in [-0.3, -0.25) is 0 Å². The molecule has 0 N–H and O–H groups in total. The van der Waals surface area contributed by atoms with E-state index < -0.39 is 0 Å². The molecule has 0 saturated carbocycles. The lowest BCUT2D eigenvalue weighted by Gasteiger charge is -2.03. The molecule has 0 aliphatic carbocycles. The summed E-state index contributed by atoms with van der Waals surface area (Å²) in [7, 11) is 0. The predicted octanol–water partition coefficient (Wildman–Crippen LogP) is 2.06. The van der Waals surface area contributed by atoms with E-state index >= 15 is 0 Å². The molecule has 0 saturated heterocycles. The Hall–Kier alpha value is -1.25. The van der Waals surface area contributed by atoms with E-state index in [1.807, 2.05) is 19.2 Å². The number of allylic oxidation sites excluding steroid dienone is 1. The van der Waals surface area contributed by atoms with Crippen LogP contribution in [0.5, 0.6) is 0 Å². The second kappa shape index (κ2) is 4.59. The van der Waals surface area contributed by atoms with Gasteiger partial charge in [0.2, 0.25) is 0 Å². The van der Waals surface area contributed by atoms with Gasteiger partial charge in [0, 0.05) is 12.4 Å². The van der Waals surface area contributed by atoms with Gasteiger partial charge in [-0.15, -0.1) is 0 Å². The highest BCUT2D eigenvalue weighted by Crippen LogP contribution is 2.09. The van der Waals surface area contributed by atoms with Gasteiger partial charge in [0.05, 0.1) is 0 Å². The molecule has 0 radical (unpaired) electrons. The summed E-state index contributed by atoms with van der Waals surface area (Å²) in [5, 5.41) is 0. The van der Waals surface area contributed by atoms with Crippen molar-refractivity contribution in [2.45, 2.75) is 20.3 Å². The van der Waals surface area contributed by atoms with Crippen molar-refractivity contribution >= 4 is 18.8 Å². The first kappa shape index (κ1) is 8.84. The molecule has 1 unspecified atom stereocenters. The highest BCUT2D eigenvalue weighted by atomic mass is 15.0. The summed E-state index contributed by atoms with van der Waals surface area (Å²) in [4.78, 5) is 12.1. The minimum atomic E-state index is 0.463. The Morgan fingerprint density at radius 2 is 2.50 bits per heavy atom. The summed E-state index contributed by atoms with van der Waals surface area (Å²) in [6.07, 6.45) is 8.14. The van der Waals surface area contributed by atoms with Crippen LogP contribution in [-0.4, -0.2) is 18.8 Å².